The quantitative estimate of drug-likeness (QED) is 0.853. The van der Waals surface area contributed by atoms with Crippen LogP contribution in [0.5, 0.6) is 5.75 Å². The minimum Gasteiger partial charge on any atom is -0.506 e. The smallest absolute Gasteiger partial charge is 0.339 e. The predicted octanol–water partition coefficient (Wildman–Crippen LogP) is 3.78. The van der Waals surface area contributed by atoms with E-state index in [0.717, 1.165) is 18.4 Å². The lowest BCUT2D eigenvalue weighted by Gasteiger charge is -2.23. The summed E-state index contributed by atoms with van der Waals surface area (Å²) in [6.45, 7) is 3.63. The van der Waals surface area contributed by atoms with Gasteiger partial charge in [0.25, 0.3) is 0 Å². The van der Waals surface area contributed by atoms with Crippen LogP contribution in [0.1, 0.15) is 59.5 Å². The Labute approximate surface area is 107 Å². The minimum absolute atomic E-state index is 0.0204. The van der Waals surface area contributed by atoms with Crippen LogP contribution in [-0.2, 0) is 0 Å². The topological polar surface area (TPSA) is 57.5 Å². The van der Waals surface area contributed by atoms with Gasteiger partial charge in [0, 0.05) is 5.56 Å². The summed E-state index contributed by atoms with van der Waals surface area (Å²) in [6, 6.07) is 3.48. The first-order valence-electron chi connectivity index (χ1n) is 6.36. The van der Waals surface area contributed by atoms with E-state index in [9.17, 15) is 9.90 Å². The molecular weight excluding hydrogens is 228 g/mol. The molecule has 1 fully saturated rings. The number of carboxylic acid groups (broad SMARTS) is 1. The maximum absolute atomic E-state index is 11.1. The molecule has 0 spiro atoms. The van der Waals surface area contributed by atoms with Gasteiger partial charge in [-0.1, -0.05) is 31.9 Å². The number of aromatic carboxylic acids is 1. The van der Waals surface area contributed by atoms with Crippen LogP contribution in [0.2, 0.25) is 0 Å². The number of aromatic hydroxyl groups is 1. The molecule has 0 bridgehead atoms. The monoisotopic (exact) mass is 246 g/mol. The van der Waals surface area contributed by atoms with Crippen molar-refractivity contribution in [3.8, 4) is 5.75 Å². The molecule has 96 valence electrons. The molecular formula is C15H18O3. The highest BCUT2D eigenvalue weighted by Gasteiger charge is 2.20. The molecule has 1 aromatic rings. The lowest BCUT2D eigenvalue weighted by molar-refractivity contribution is 0.0693. The fourth-order valence-electron chi connectivity index (χ4n) is 2.67. The molecule has 1 aliphatic rings. The van der Waals surface area contributed by atoms with Crippen molar-refractivity contribution in [1.82, 2.24) is 0 Å². The second-order valence-electron chi connectivity index (χ2n) is 4.85. The van der Waals surface area contributed by atoms with E-state index in [1.807, 2.05) is 6.07 Å². The zero-order chi connectivity index (χ0) is 13.1. The van der Waals surface area contributed by atoms with E-state index in [-0.39, 0.29) is 11.3 Å². The standard InChI is InChI=1S/C15H18O3/c1-2-10-8-12(11-6-4-3-5-7-11)9-13(14(10)16)15(17)18/h2,8-9,11,16H,1,3-7H2,(H,17,18). The van der Waals surface area contributed by atoms with Gasteiger partial charge >= 0.3 is 5.97 Å². The van der Waals surface area contributed by atoms with Crippen molar-refractivity contribution in [3.05, 3.63) is 35.4 Å². The van der Waals surface area contributed by atoms with Gasteiger partial charge in [0.1, 0.15) is 11.3 Å². The van der Waals surface area contributed by atoms with Crippen LogP contribution in [0.25, 0.3) is 6.08 Å². The average molecular weight is 246 g/mol. The van der Waals surface area contributed by atoms with Gasteiger partial charge in [0.05, 0.1) is 0 Å². The fraction of sp³-hybridized carbons (Fsp3) is 0.400. The van der Waals surface area contributed by atoms with Crippen LogP contribution in [0, 0.1) is 0 Å². The van der Waals surface area contributed by atoms with Crippen molar-refractivity contribution in [2.24, 2.45) is 0 Å². The molecule has 2 rings (SSSR count). The summed E-state index contributed by atoms with van der Waals surface area (Å²) in [5, 5.41) is 18.9. The average Bonchev–Trinajstić information content (AvgIpc) is 2.39. The van der Waals surface area contributed by atoms with Crippen molar-refractivity contribution >= 4 is 12.0 Å². The Morgan fingerprint density at radius 2 is 1.94 bits per heavy atom. The number of carboxylic acids is 1. The summed E-state index contributed by atoms with van der Waals surface area (Å²) >= 11 is 0. The van der Waals surface area contributed by atoms with Gasteiger partial charge in [-0.25, -0.2) is 4.79 Å². The van der Waals surface area contributed by atoms with E-state index in [0.29, 0.717) is 11.5 Å². The number of rotatable bonds is 3. The van der Waals surface area contributed by atoms with Gasteiger partial charge in [-0.15, -0.1) is 0 Å². The first-order valence-corrected chi connectivity index (χ1v) is 6.36. The molecule has 0 radical (unpaired) electrons. The zero-order valence-corrected chi connectivity index (χ0v) is 10.4. The van der Waals surface area contributed by atoms with Crippen LogP contribution >= 0.6 is 0 Å². The Morgan fingerprint density at radius 1 is 1.28 bits per heavy atom. The summed E-state index contributed by atoms with van der Waals surface area (Å²) in [7, 11) is 0. The van der Waals surface area contributed by atoms with Crippen molar-refractivity contribution in [1.29, 1.82) is 0 Å². The van der Waals surface area contributed by atoms with Gasteiger partial charge in [0.15, 0.2) is 0 Å². The van der Waals surface area contributed by atoms with E-state index in [1.54, 1.807) is 6.07 Å². The summed E-state index contributed by atoms with van der Waals surface area (Å²) in [5.74, 6) is -0.860. The predicted molar refractivity (Wildman–Crippen MR) is 71.0 cm³/mol. The van der Waals surface area contributed by atoms with Crippen LogP contribution in [-0.4, -0.2) is 16.2 Å². The highest BCUT2D eigenvalue weighted by Crippen LogP contribution is 2.36. The number of benzene rings is 1. The molecule has 0 saturated heterocycles. The number of phenols is 1. The van der Waals surface area contributed by atoms with E-state index in [2.05, 4.69) is 6.58 Å². The molecule has 0 atom stereocenters. The Kier molecular flexibility index (Phi) is 3.70. The first kappa shape index (κ1) is 12.7. The second kappa shape index (κ2) is 5.25. The van der Waals surface area contributed by atoms with E-state index < -0.39 is 5.97 Å². The highest BCUT2D eigenvalue weighted by atomic mass is 16.4. The molecule has 1 saturated carbocycles. The molecule has 1 aromatic carbocycles. The lowest BCUT2D eigenvalue weighted by Crippen LogP contribution is -2.07. The zero-order valence-electron chi connectivity index (χ0n) is 10.4. The lowest BCUT2D eigenvalue weighted by atomic mass is 9.83. The third kappa shape index (κ3) is 2.40. The highest BCUT2D eigenvalue weighted by molar-refractivity contribution is 5.92. The van der Waals surface area contributed by atoms with Gasteiger partial charge in [-0.2, -0.15) is 0 Å². The molecule has 0 aliphatic heterocycles. The van der Waals surface area contributed by atoms with Gasteiger partial charge in [-0.05, 0) is 36.5 Å². The normalized spacial score (nSPS) is 16.4. The molecule has 0 aromatic heterocycles. The van der Waals surface area contributed by atoms with Crippen molar-refractivity contribution < 1.29 is 15.0 Å². The molecule has 2 N–H and O–H groups in total. The summed E-state index contributed by atoms with van der Waals surface area (Å²) in [5.41, 5.74) is 1.50. The molecule has 0 heterocycles. The Morgan fingerprint density at radius 3 is 2.50 bits per heavy atom. The third-order valence-electron chi connectivity index (χ3n) is 3.69. The summed E-state index contributed by atoms with van der Waals surface area (Å²) < 4.78 is 0. The van der Waals surface area contributed by atoms with Crippen molar-refractivity contribution in [2.45, 2.75) is 38.0 Å². The summed E-state index contributed by atoms with van der Waals surface area (Å²) in [4.78, 5) is 11.1. The van der Waals surface area contributed by atoms with Crippen molar-refractivity contribution in [3.63, 3.8) is 0 Å². The number of hydrogen-bond donors (Lipinski definition) is 2. The molecule has 3 nitrogen and oxygen atoms in total. The van der Waals surface area contributed by atoms with E-state index in [1.165, 1.54) is 25.3 Å². The second-order valence-corrected chi connectivity index (χ2v) is 4.85. The molecule has 3 heteroatoms. The Bertz CT molecular complexity index is 471. The summed E-state index contributed by atoms with van der Waals surface area (Å²) in [6.07, 6.45) is 7.35. The Hall–Kier alpha value is -1.77. The van der Waals surface area contributed by atoms with Crippen LogP contribution in [0.3, 0.4) is 0 Å². The van der Waals surface area contributed by atoms with E-state index in [4.69, 9.17) is 5.11 Å². The van der Waals surface area contributed by atoms with Crippen molar-refractivity contribution in [2.75, 3.05) is 0 Å². The number of hydrogen-bond acceptors (Lipinski definition) is 2. The largest absolute Gasteiger partial charge is 0.506 e. The van der Waals surface area contributed by atoms with Gasteiger partial charge < -0.3 is 10.2 Å². The third-order valence-corrected chi connectivity index (χ3v) is 3.69. The first-order chi connectivity index (χ1) is 8.63. The fourth-order valence-corrected chi connectivity index (χ4v) is 2.67. The van der Waals surface area contributed by atoms with Crippen LogP contribution in [0.4, 0.5) is 0 Å². The van der Waals surface area contributed by atoms with E-state index >= 15 is 0 Å². The Balaban J connectivity index is 2.44. The minimum atomic E-state index is -1.09. The number of carbonyl (C=O) groups is 1. The SMILES string of the molecule is C=Cc1cc(C2CCCCC2)cc(C(=O)O)c1O. The molecule has 0 amide bonds. The van der Waals surface area contributed by atoms with Crippen LogP contribution < -0.4 is 0 Å². The maximum atomic E-state index is 11.1. The molecule has 1 aliphatic carbocycles. The van der Waals surface area contributed by atoms with Gasteiger partial charge in [-0.3, -0.25) is 0 Å². The van der Waals surface area contributed by atoms with Crippen LogP contribution in [0.15, 0.2) is 18.7 Å². The molecule has 0 unspecified atom stereocenters. The van der Waals surface area contributed by atoms with Gasteiger partial charge in [0.2, 0.25) is 0 Å². The maximum Gasteiger partial charge on any atom is 0.339 e. The molecule has 18 heavy (non-hydrogen) atoms.